The Morgan fingerprint density at radius 1 is 1.14 bits per heavy atom. The summed E-state index contributed by atoms with van der Waals surface area (Å²) in [6.45, 7) is 2.96. The fraction of sp³-hybridized carbons (Fsp3) is 0.235. The van der Waals surface area contributed by atoms with Crippen molar-refractivity contribution in [3.8, 4) is 11.8 Å². The van der Waals surface area contributed by atoms with E-state index < -0.39 is 0 Å². The molecular weight excluding hydrogens is 284 g/mol. The summed E-state index contributed by atoms with van der Waals surface area (Å²) in [5, 5.41) is 12.7. The molecule has 0 aliphatic carbocycles. The average molecular weight is 301 g/mol. The molecule has 0 aromatic heterocycles. The lowest BCUT2D eigenvalue weighted by atomic mass is 10.1. The number of halogens is 1. The Morgan fingerprint density at radius 3 is 2.43 bits per heavy atom. The van der Waals surface area contributed by atoms with E-state index in [1.165, 1.54) is 11.1 Å². The molecule has 0 unspecified atom stereocenters. The van der Waals surface area contributed by atoms with Gasteiger partial charge in [-0.1, -0.05) is 35.9 Å². The van der Waals surface area contributed by atoms with E-state index in [1.54, 1.807) is 0 Å². The second-order valence-electron chi connectivity index (χ2n) is 4.74. The lowest BCUT2D eigenvalue weighted by Crippen LogP contribution is -2.17. The molecular formula is C17H17ClN2O. The van der Waals surface area contributed by atoms with Gasteiger partial charge in [-0.25, -0.2) is 0 Å². The van der Waals surface area contributed by atoms with E-state index in [2.05, 4.69) is 12.2 Å². The molecule has 0 bridgehead atoms. The van der Waals surface area contributed by atoms with Crippen molar-refractivity contribution in [2.24, 2.45) is 0 Å². The second-order valence-corrected chi connectivity index (χ2v) is 5.18. The first-order valence-corrected chi connectivity index (χ1v) is 7.14. The normalized spacial score (nSPS) is 11.7. The summed E-state index contributed by atoms with van der Waals surface area (Å²) in [4.78, 5) is 0. The molecule has 1 N–H and O–H groups in total. The van der Waals surface area contributed by atoms with Gasteiger partial charge in [-0.3, -0.25) is 0 Å². The van der Waals surface area contributed by atoms with Crippen LogP contribution in [0.5, 0.6) is 5.75 Å². The van der Waals surface area contributed by atoms with E-state index in [0.717, 1.165) is 11.6 Å². The van der Waals surface area contributed by atoms with Gasteiger partial charge in [-0.2, -0.15) is 5.26 Å². The van der Waals surface area contributed by atoms with Crippen LogP contribution >= 0.6 is 11.6 Å². The van der Waals surface area contributed by atoms with Gasteiger partial charge < -0.3 is 10.1 Å². The highest BCUT2D eigenvalue weighted by Crippen LogP contribution is 2.17. The Labute approximate surface area is 130 Å². The molecule has 1 atom stereocenters. The Balaban J connectivity index is 1.87. The zero-order valence-electron chi connectivity index (χ0n) is 11.8. The summed E-state index contributed by atoms with van der Waals surface area (Å²) in [5.74, 6) is 0.714. The van der Waals surface area contributed by atoms with Crippen LogP contribution in [-0.4, -0.2) is 6.61 Å². The summed E-state index contributed by atoms with van der Waals surface area (Å²) < 4.78 is 5.22. The molecule has 0 spiro atoms. The molecule has 108 valence electrons. The predicted molar refractivity (Wildman–Crippen MR) is 84.3 cm³/mol. The summed E-state index contributed by atoms with van der Waals surface area (Å²) in [7, 11) is 0. The number of hydrogen-bond donors (Lipinski definition) is 1. The van der Waals surface area contributed by atoms with Crippen molar-refractivity contribution in [2.75, 3.05) is 6.61 Å². The predicted octanol–water partition coefficient (Wildman–Crippen LogP) is 4.09. The zero-order chi connectivity index (χ0) is 15.1. The van der Waals surface area contributed by atoms with E-state index in [4.69, 9.17) is 21.6 Å². The molecule has 0 fully saturated rings. The van der Waals surface area contributed by atoms with Crippen molar-refractivity contribution < 1.29 is 4.74 Å². The van der Waals surface area contributed by atoms with Crippen LogP contribution in [0.4, 0.5) is 0 Å². The molecule has 0 saturated carbocycles. The molecule has 0 aliphatic heterocycles. The van der Waals surface area contributed by atoms with E-state index in [-0.39, 0.29) is 12.6 Å². The van der Waals surface area contributed by atoms with Crippen molar-refractivity contribution in [3.05, 3.63) is 64.7 Å². The molecule has 0 heterocycles. The molecule has 2 aromatic carbocycles. The maximum absolute atomic E-state index is 8.46. The lowest BCUT2D eigenvalue weighted by Gasteiger charge is -2.14. The number of benzene rings is 2. The third kappa shape index (κ3) is 4.78. The zero-order valence-corrected chi connectivity index (χ0v) is 12.6. The minimum atomic E-state index is 0.0746. The van der Waals surface area contributed by atoms with Gasteiger partial charge in [0.2, 0.25) is 0 Å². The molecule has 21 heavy (non-hydrogen) atoms. The number of rotatable bonds is 6. The summed E-state index contributed by atoms with van der Waals surface area (Å²) in [6.07, 6.45) is 0. The van der Waals surface area contributed by atoms with E-state index in [9.17, 15) is 0 Å². The van der Waals surface area contributed by atoms with Gasteiger partial charge in [-0.05, 0) is 42.3 Å². The van der Waals surface area contributed by atoms with Crippen LogP contribution in [0.15, 0.2) is 48.5 Å². The Bertz CT molecular complexity index is 602. The van der Waals surface area contributed by atoms with E-state index in [0.29, 0.717) is 5.75 Å². The van der Waals surface area contributed by atoms with Gasteiger partial charge in [0, 0.05) is 17.6 Å². The van der Waals surface area contributed by atoms with Crippen molar-refractivity contribution >= 4 is 11.6 Å². The van der Waals surface area contributed by atoms with Crippen molar-refractivity contribution in [2.45, 2.75) is 19.5 Å². The smallest absolute Gasteiger partial charge is 0.174 e. The third-order valence-electron chi connectivity index (χ3n) is 3.21. The average Bonchev–Trinajstić information content (AvgIpc) is 2.52. The van der Waals surface area contributed by atoms with Crippen LogP contribution in [0.2, 0.25) is 5.02 Å². The Morgan fingerprint density at radius 2 is 1.81 bits per heavy atom. The molecule has 2 rings (SSSR count). The summed E-state index contributed by atoms with van der Waals surface area (Å²) >= 11 is 5.89. The largest absolute Gasteiger partial charge is 0.479 e. The van der Waals surface area contributed by atoms with Gasteiger partial charge in [0.15, 0.2) is 6.61 Å². The monoisotopic (exact) mass is 300 g/mol. The van der Waals surface area contributed by atoms with Gasteiger partial charge in [0.1, 0.15) is 11.8 Å². The van der Waals surface area contributed by atoms with Gasteiger partial charge in [0.05, 0.1) is 0 Å². The quantitative estimate of drug-likeness (QED) is 0.874. The van der Waals surface area contributed by atoms with Gasteiger partial charge in [-0.15, -0.1) is 0 Å². The topological polar surface area (TPSA) is 45.0 Å². The molecule has 0 amide bonds. The van der Waals surface area contributed by atoms with Crippen molar-refractivity contribution in [3.63, 3.8) is 0 Å². The molecule has 4 heteroatoms. The minimum Gasteiger partial charge on any atom is -0.479 e. The number of nitrogens with zero attached hydrogens (tertiary/aromatic N) is 1. The van der Waals surface area contributed by atoms with Crippen LogP contribution in [0.3, 0.4) is 0 Å². The second kappa shape index (κ2) is 7.68. The number of nitriles is 1. The van der Waals surface area contributed by atoms with Crippen molar-refractivity contribution in [1.82, 2.24) is 5.32 Å². The summed E-state index contributed by atoms with van der Waals surface area (Å²) in [5.41, 5.74) is 2.37. The Kier molecular flexibility index (Phi) is 5.62. The highest BCUT2D eigenvalue weighted by molar-refractivity contribution is 6.30. The van der Waals surface area contributed by atoms with Crippen LogP contribution in [0.1, 0.15) is 24.1 Å². The first-order chi connectivity index (χ1) is 10.2. The first kappa shape index (κ1) is 15.4. The number of ether oxygens (including phenoxy) is 1. The van der Waals surface area contributed by atoms with Crippen LogP contribution in [0, 0.1) is 11.3 Å². The molecule has 3 nitrogen and oxygen atoms in total. The highest BCUT2D eigenvalue weighted by Gasteiger charge is 2.04. The maximum Gasteiger partial charge on any atom is 0.174 e. The van der Waals surface area contributed by atoms with E-state index in [1.807, 2.05) is 54.6 Å². The Hall–Kier alpha value is -2.02. The van der Waals surface area contributed by atoms with Crippen LogP contribution in [0.25, 0.3) is 0 Å². The van der Waals surface area contributed by atoms with Crippen molar-refractivity contribution in [1.29, 1.82) is 5.26 Å². The fourth-order valence-electron chi connectivity index (χ4n) is 1.96. The van der Waals surface area contributed by atoms with Gasteiger partial charge >= 0.3 is 0 Å². The first-order valence-electron chi connectivity index (χ1n) is 6.76. The van der Waals surface area contributed by atoms with Gasteiger partial charge in [0.25, 0.3) is 0 Å². The number of hydrogen-bond acceptors (Lipinski definition) is 3. The SMILES string of the molecule is C[C@@H](NCc1ccc(OCC#N)cc1)c1ccc(Cl)cc1. The summed E-state index contributed by atoms with van der Waals surface area (Å²) in [6, 6.07) is 17.8. The molecule has 0 saturated heterocycles. The number of nitrogens with one attached hydrogen (secondary N) is 1. The third-order valence-corrected chi connectivity index (χ3v) is 3.46. The molecule has 0 aliphatic rings. The highest BCUT2D eigenvalue weighted by atomic mass is 35.5. The molecule has 0 radical (unpaired) electrons. The fourth-order valence-corrected chi connectivity index (χ4v) is 2.09. The van der Waals surface area contributed by atoms with Crippen LogP contribution < -0.4 is 10.1 Å². The van der Waals surface area contributed by atoms with E-state index >= 15 is 0 Å². The lowest BCUT2D eigenvalue weighted by molar-refractivity contribution is 0.368. The minimum absolute atomic E-state index is 0.0746. The van der Waals surface area contributed by atoms with Crippen LogP contribution in [-0.2, 0) is 6.54 Å². The standard InChI is InChI=1S/C17H17ClN2O/c1-13(15-4-6-16(18)7-5-15)20-12-14-2-8-17(9-3-14)21-11-10-19/h2-9,13,20H,11-12H2,1H3/t13-/m1/s1. The molecule has 2 aromatic rings. The maximum atomic E-state index is 8.46.